The van der Waals surface area contributed by atoms with E-state index in [1.54, 1.807) is 0 Å². The van der Waals surface area contributed by atoms with E-state index in [-0.39, 0.29) is 0 Å². The molecule has 2 aromatic heterocycles. The zero-order valence-corrected chi connectivity index (χ0v) is 38.2. The Hall–Kier alpha value is -9.18. The summed E-state index contributed by atoms with van der Waals surface area (Å²) >= 11 is 0. The number of hydrogen-bond donors (Lipinski definition) is 0. The molecule has 0 saturated heterocycles. The average molecular weight is 893 g/mol. The number of hydrogen-bond acceptors (Lipinski definition) is 2. The Bertz CT molecular complexity index is 4030. The third-order valence-electron chi connectivity index (χ3n) is 14.7. The first-order valence-electron chi connectivity index (χ1n) is 24.1. The number of anilines is 3. The molecule has 14 rings (SSSR count). The molecule has 0 N–H and O–H groups in total. The van der Waals surface area contributed by atoms with Crippen LogP contribution >= 0.6 is 0 Å². The number of nitrogens with zero attached hydrogens (tertiary/aromatic N) is 2. The predicted molar refractivity (Wildman–Crippen MR) is 291 cm³/mol. The van der Waals surface area contributed by atoms with Gasteiger partial charge >= 0.3 is 0 Å². The molecule has 1 aliphatic carbocycles. The third-order valence-corrected chi connectivity index (χ3v) is 14.7. The molecule has 3 nitrogen and oxygen atoms in total. The minimum Gasteiger partial charge on any atom is -0.456 e. The summed E-state index contributed by atoms with van der Waals surface area (Å²) < 4.78 is 8.63. The zero-order valence-electron chi connectivity index (χ0n) is 38.2. The van der Waals surface area contributed by atoms with Crippen molar-refractivity contribution in [2.75, 3.05) is 4.90 Å². The van der Waals surface area contributed by atoms with Crippen molar-refractivity contribution in [2.45, 2.75) is 5.41 Å². The minimum absolute atomic E-state index is 0.487. The third kappa shape index (κ3) is 6.15. The topological polar surface area (TPSA) is 21.3 Å². The Morgan fingerprint density at radius 2 is 0.829 bits per heavy atom. The quantitative estimate of drug-likeness (QED) is 0.152. The summed E-state index contributed by atoms with van der Waals surface area (Å²) in [7, 11) is 0. The maximum Gasteiger partial charge on any atom is 0.135 e. The second-order valence-corrected chi connectivity index (χ2v) is 18.4. The van der Waals surface area contributed by atoms with Gasteiger partial charge in [-0.3, -0.25) is 0 Å². The maximum atomic E-state index is 6.25. The monoisotopic (exact) mass is 892 g/mol. The maximum absolute atomic E-state index is 6.25. The highest BCUT2D eigenvalue weighted by molar-refractivity contribution is 6.09. The van der Waals surface area contributed by atoms with Crippen LogP contribution in [0.3, 0.4) is 0 Å². The van der Waals surface area contributed by atoms with Crippen LogP contribution in [0.1, 0.15) is 22.3 Å². The van der Waals surface area contributed by atoms with E-state index in [9.17, 15) is 0 Å². The Balaban J connectivity index is 0.932. The summed E-state index contributed by atoms with van der Waals surface area (Å²) in [6.45, 7) is 0. The number of benzene rings is 11. The summed E-state index contributed by atoms with van der Waals surface area (Å²) in [6, 6.07) is 97.4. The predicted octanol–water partition coefficient (Wildman–Crippen LogP) is 17.8. The summed E-state index contributed by atoms with van der Waals surface area (Å²) in [5.74, 6) is 0. The first-order chi connectivity index (χ1) is 34.7. The highest BCUT2D eigenvalue weighted by atomic mass is 16.3. The highest BCUT2D eigenvalue weighted by Crippen LogP contribution is 2.57. The van der Waals surface area contributed by atoms with Crippen molar-refractivity contribution in [1.29, 1.82) is 0 Å². The van der Waals surface area contributed by atoms with Crippen molar-refractivity contribution >= 4 is 60.8 Å². The normalized spacial score (nSPS) is 12.7. The van der Waals surface area contributed by atoms with Gasteiger partial charge in [-0.2, -0.15) is 0 Å². The number of rotatable bonds is 8. The van der Waals surface area contributed by atoms with Crippen molar-refractivity contribution in [3.05, 3.63) is 289 Å². The lowest BCUT2D eigenvalue weighted by Gasteiger charge is -2.34. The van der Waals surface area contributed by atoms with Crippen LogP contribution in [-0.4, -0.2) is 4.57 Å². The summed E-state index contributed by atoms with van der Waals surface area (Å²) in [6.07, 6.45) is 0. The molecule has 0 saturated carbocycles. The molecular formula is C67H44N2O. The zero-order chi connectivity index (χ0) is 46.2. The lowest BCUT2D eigenvalue weighted by Crippen LogP contribution is -2.28. The molecule has 3 heteroatoms. The van der Waals surface area contributed by atoms with Gasteiger partial charge in [-0.15, -0.1) is 0 Å². The molecule has 70 heavy (non-hydrogen) atoms. The van der Waals surface area contributed by atoms with Crippen LogP contribution in [0.4, 0.5) is 17.1 Å². The lowest BCUT2D eigenvalue weighted by molar-refractivity contribution is 0.669. The van der Waals surface area contributed by atoms with Gasteiger partial charge in [0.2, 0.25) is 0 Å². The van der Waals surface area contributed by atoms with Crippen LogP contribution in [0.5, 0.6) is 0 Å². The van der Waals surface area contributed by atoms with Crippen molar-refractivity contribution in [2.24, 2.45) is 0 Å². The molecule has 0 spiro atoms. The van der Waals surface area contributed by atoms with Crippen molar-refractivity contribution < 1.29 is 4.42 Å². The van der Waals surface area contributed by atoms with Crippen LogP contribution in [-0.2, 0) is 5.41 Å². The Kier molecular flexibility index (Phi) is 9.11. The van der Waals surface area contributed by atoms with E-state index in [2.05, 4.69) is 264 Å². The van der Waals surface area contributed by atoms with Gasteiger partial charge < -0.3 is 13.9 Å². The number of para-hydroxylation sites is 3. The molecule has 0 bridgehead atoms. The van der Waals surface area contributed by atoms with Crippen LogP contribution in [0.15, 0.2) is 271 Å². The molecule has 11 aromatic carbocycles. The number of aromatic nitrogens is 1. The first kappa shape index (κ1) is 39.9. The molecule has 0 atom stereocenters. The van der Waals surface area contributed by atoms with Gasteiger partial charge in [0.25, 0.3) is 0 Å². The molecule has 0 aliphatic heterocycles. The fourth-order valence-electron chi connectivity index (χ4n) is 11.6. The lowest BCUT2D eigenvalue weighted by atomic mass is 9.68. The van der Waals surface area contributed by atoms with Crippen molar-refractivity contribution in [1.82, 2.24) is 4.57 Å². The molecule has 328 valence electrons. The standard InChI is InChI=1S/C67H44N2O/c1-3-19-49(20-4-1)67(50-21-5-2-6-22-50)61-29-11-7-25-55(61)59-44-54(38-39-62(59)67)68(53-24-16-18-47(42-53)48-35-40-66-60(43-48)58-28-10-14-32-65(58)70-66)52-23-15-17-46(41-52)45-33-36-51(37-34-45)69-63-30-12-8-26-56(63)57-27-9-13-31-64(57)69/h1-44H. The fourth-order valence-corrected chi connectivity index (χ4v) is 11.6. The number of fused-ring (bicyclic) bond motifs is 9. The van der Waals surface area contributed by atoms with E-state index < -0.39 is 5.41 Å². The Morgan fingerprint density at radius 3 is 1.51 bits per heavy atom. The Labute approximate surface area is 406 Å². The average Bonchev–Trinajstić information content (AvgIpc) is 4.08. The van der Waals surface area contributed by atoms with Gasteiger partial charge in [-0.05, 0) is 134 Å². The molecule has 2 heterocycles. The second kappa shape index (κ2) is 16.0. The molecule has 1 aliphatic rings. The molecule has 13 aromatic rings. The van der Waals surface area contributed by atoms with Gasteiger partial charge in [-0.25, -0.2) is 0 Å². The summed E-state index contributed by atoms with van der Waals surface area (Å²) in [4.78, 5) is 2.43. The molecule has 0 unspecified atom stereocenters. The smallest absolute Gasteiger partial charge is 0.135 e. The second-order valence-electron chi connectivity index (χ2n) is 18.4. The fraction of sp³-hybridized carbons (Fsp3) is 0.0149. The van der Waals surface area contributed by atoms with E-state index in [0.717, 1.165) is 66.9 Å². The number of furan rings is 1. The van der Waals surface area contributed by atoms with E-state index in [1.165, 1.54) is 55.2 Å². The van der Waals surface area contributed by atoms with E-state index in [1.807, 2.05) is 12.1 Å². The largest absolute Gasteiger partial charge is 0.456 e. The molecule has 0 amide bonds. The van der Waals surface area contributed by atoms with Gasteiger partial charge in [0, 0.05) is 44.3 Å². The van der Waals surface area contributed by atoms with E-state index in [0.29, 0.717) is 0 Å². The molecule has 0 radical (unpaired) electrons. The SMILES string of the molecule is c1ccc(C2(c3ccccc3)c3ccccc3-c3cc(N(c4cccc(-c5ccc(-n6c7ccccc7c7ccccc76)cc5)c4)c4cccc(-c5ccc6oc7ccccc7c6c5)c4)ccc32)cc1. The van der Waals surface area contributed by atoms with Gasteiger partial charge in [0.05, 0.1) is 16.4 Å². The van der Waals surface area contributed by atoms with E-state index >= 15 is 0 Å². The van der Waals surface area contributed by atoms with Gasteiger partial charge in [0.1, 0.15) is 11.2 Å². The van der Waals surface area contributed by atoms with E-state index in [4.69, 9.17) is 4.42 Å². The van der Waals surface area contributed by atoms with Gasteiger partial charge in [-0.1, -0.05) is 188 Å². The van der Waals surface area contributed by atoms with Crippen LogP contribution in [0.2, 0.25) is 0 Å². The van der Waals surface area contributed by atoms with Crippen molar-refractivity contribution in [3.63, 3.8) is 0 Å². The Morgan fingerprint density at radius 1 is 0.314 bits per heavy atom. The van der Waals surface area contributed by atoms with Crippen LogP contribution in [0.25, 0.3) is 82.8 Å². The summed E-state index contributed by atoms with van der Waals surface area (Å²) in [5.41, 5.74) is 20.2. The minimum atomic E-state index is -0.487. The first-order valence-corrected chi connectivity index (χ1v) is 24.1. The molecular weight excluding hydrogens is 849 g/mol. The van der Waals surface area contributed by atoms with Crippen LogP contribution in [0, 0.1) is 0 Å². The van der Waals surface area contributed by atoms with Crippen LogP contribution < -0.4 is 4.90 Å². The summed E-state index contributed by atoms with van der Waals surface area (Å²) in [5, 5.41) is 4.76. The highest BCUT2D eigenvalue weighted by Gasteiger charge is 2.46. The van der Waals surface area contributed by atoms with Crippen molar-refractivity contribution in [3.8, 4) is 39.1 Å². The molecule has 0 fully saturated rings. The van der Waals surface area contributed by atoms with Gasteiger partial charge in [0.15, 0.2) is 0 Å².